The fourth-order valence-electron chi connectivity index (χ4n) is 0.774. The Morgan fingerprint density at radius 1 is 1.33 bits per heavy atom. The molecule has 0 radical (unpaired) electrons. The Morgan fingerprint density at radius 3 is 2.67 bits per heavy atom. The average molecular weight is 170 g/mol. The van der Waals surface area contributed by atoms with Gasteiger partial charge in [0.2, 0.25) is 0 Å². The van der Waals surface area contributed by atoms with Crippen molar-refractivity contribution >= 4 is 5.97 Å². The lowest BCUT2D eigenvalue weighted by molar-refractivity contribution is -0.143. The van der Waals surface area contributed by atoms with Crippen LogP contribution in [0.2, 0.25) is 0 Å². The first kappa shape index (κ1) is 11.2. The molecule has 0 N–H and O–H groups in total. The summed E-state index contributed by atoms with van der Waals surface area (Å²) in [4.78, 5) is 10.9. The van der Waals surface area contributed by atoms with Gasteiger partial charge in [-0.3, -0.25) is 4.79 Å². The second-order valence-electron chi connectivity index (χ2n) is 2.64. The monoisotopic (exact) mass is 170 g/mol. The van der Waals surface area contributed by atoms with Crippen LogP contribution >= 0.6 is 0 Å². The predicted molar refractivity (Wildman–Crippen MR) is 49.9 cm³/mol. The maximum absolute atomic E-state index is 10.9. The van der Waals surface area contributed by atoms with Crippen molar-refractivity contribution in [2.24, 2.45) is 0 Å². The summed E-state index contributed by atoms with van der Waals surface area (Å²) in [6.45, 7) is 4.62. The smallest absolute Gasteiger partial charge is 0.306 e. The van der Waals surface area contributed by atoms with Gasteiger partial charge in [-0.05, 0) is 19.3 Å². The zero-order chi connectivity index (χ0) is 9.23. The SMILES string of the molecule is CC/C=C/CCC(=O)OCCC. The fraction of sp³-hybridized carbons (Fsp3) is 0.700. The van der Waals surface area contributed by atoms with E-state index in [0.717, 1.165) is 19.3 Å². The summed E-state index contributed by atoms with van der Waals surface area (Å²) in [5.74, 6) is -0.0856. The molecular weight excluding hydrogens is 152 g/mol. The molecule has 0 aliphatic heterocycles. The van der Waals surface area contributed by atoms with Crippen molar-refractivity contribution in [2.75, 3.05) is 6.61 Å². The van der Waals surface area contributed by atoms with E-state index >= 15 is 0 Å². The lowest BCUT2D eigenvalue weighted by atomic mass is 10.3. The maximum Gasteiger partial charge on any atom is 0.306 e. The molecule has 0 aliphatic carbocycles. The minimum Gasteiger partial charge on any atom is -0.466 e. The molecule has 2 nitrogen and oxygen atoms in total. The van der Waals surface area contributed by atoms with E-state index in [1.165, 1.54) is 0 Å². The number of hydrogen-bond donors (Lipinski definition) is 0. The largest absolute Gasteiger partial charge is 0.466 e. The van der Waals surface area contributed by atoms with Crippen LogP contribution in [0.5, 0.6) is 0 Å². The molecule has 2 heteroatoms. The van der Waals surface area contributed by atoms with Crippen LogP contribution in [0, 0.1) is 0 Å². The van der Waals surface area contributed by atoms with Crippen LogP contribution in [-0.4, -0.2) is 12.6 Å². The Hall–Kier alpha value is -0.790. The number of hydrogen-bond acceptors (Lipinski definition) is 2. The van der Waals surface area contributed by atoms with Crippen LogP contribution in [-0.2, 0) is 9.53 Å². The van der Waals surface area contributed by atoms with Crippen molar-refractivity contribution in [2.45, 2.75) is 39.5 Å². The molecule has 0 bridgehead atoms. The summed E-state index contributed by atoms with van der Waals surface area (Å²) in [7, 11) is 0. The normalized spacial score (nSPS) is 10.5. The van der Waals surface area contributed by atoms with Gasteiger partial charge in [0.05, 0.1) is 6.61 Å². The lowest BCUT2D eigenvalue weighted by Gasteiger charge is -1.99. The third-order valence-corrected chi connectivity index (χ3v) is 1.38. The zero-order valence-electron chi connectivity index (χ0n) is 8.01. The van der Waals surface area contributed by atoms with E-state index < -0.39 is 0 Å². The van der Waals surface area contributed by atoms with Crippen LogP contribution < -0.4 is 0 Å². The minimum atomic E-state index is -0.0856. The topological polar surface area (TPSA) is 26.3 Å². The highest BCUT2D eigenvalue weighted by Crippen LogP contribution is 1.95. The van der Waals surface area contributed by atoms with E-state index in [2.05, 4.69) is 13.0 Å². The summed E-state index contributed by atoms with van der Waals surface area (Å²) < 4.78 is 4.90. The third kappa shape index (κ3) is 7.32. The number of carbonyl (C=O) groups excluding carboxylic acids is 1. The Morgan fingerprint density at radius 2 is 2.08 bits per heavy atom. The fourth-order valence-corrected chi connectivity index (χ4v) is 0.774. The van der Waals surface area contributed by atoms with Crippen molar-refractivity contribution in [3.63, 3.8) is 0 Å². The molecule has 0 unspecified atom stereocenters. The number of rotatable bonds is 6. The highest BCUT2D eigenvalue weighted by molar-refractivity contribution is 5.69. The first-order valence-electron chi connectivity index (χ1n) is 4.61. The second kappa shape index (κ2) is 8.31. The highest BCUT2D eigenvalue weighted by Gasteiger charge is 1.98. The molecule has 0 saturated carbocycles. The van der Waals surface area contributed by atoms with Gasteiger partial charge in [0.15, 0.2) is 0 Å². The summed E-state index contributed by atoms with van der Waals surface area (Å²) in [6, 6.07) is 0. The van der Waals surface area contributed by atoms with Crippen LogP contribution in [0.1, 0.15) is 39.5 Å². The second-order valence-corrected chi connectivity index (χ2v) is 2.64. The third-order valence-electron chi connectivity index (χ3n) is 1.38. The molecular formula is C10H18O2. The predicted octanol–water partition coefficient (Wildman–Crippen LogP) is 2.69. The Balaban J connectivity index is 3.25. The van der Waals surface area contributed by atoms with Crippen LogP contribution in [0.25, 0.3) is 0 Å². The molecule has 0 saturated heterocycles. The standard InChI is InChI=1S/C10H18O2/c1-3-5-6-7-8-10(11)12-9-4-2/h5-6H,3-4,7-9H2,1-2H3/b6-5+. The molecule has 0 aliphatic rings. The first-order valence-corrected chi connectivity index (χ1v) is 4.61. The van der Waals surface area contributed by atoms with Crippen LogP contribution in [0.3, 0.4) is 0 Å². The van der Waals surface area contributed by atoms with E-state index in [-0.39, 0.29) is 5.97 Å². The molecule has 0 aromatic heterocycles. The van der Waals surface area contributed by atoms with E-state index in [1.54, 1.807) is 0 Å². The summed E-state index contributed by atoms with van der Waals surface area (Å²) in [5.41, 5.74) is 0. The van der Waals surface area contributed by atoms with Crippen LogP contribution in [0.15, 0.2) is 12.2 Å². The molecule has 0 aromatic rings. The number of allylic oxidation sites excluding steroid dienone is 2. The molecule has 0 atom stereocenters. The van der Waals surface area contributed by atoms with Crippen molar-refractivity contribution in [3.05, 3.63) is 12.2 Å². The molecule has 0 amide bonds. The molecule has 0 rings (SSSR count). The number of ether oxygens (including phenoxy) is 1. The van der Waals surface area contributed by atoms with Gasteiger partial charge in [-0.2, -0.15) is 0 Å². The molecule has 70 valence electrons. The number of esters is 1. The van der Waals surface area contributed by atoms with E-state index in [1.807, 2.05) is 13.0 Å². The summed E-state index contributed by atoms with van der Waals surface area (Å²) >= 11 is 0. The quantitative estimate of drug-likeness (QED) is 0.452. The van der Waals surface area contributed by atoms with Gasteiger partial charge in [-0.1, -0.05) is 26.0 Å². The molecule has 12 heavy (non-hydrogen) atoms. The van der Waals surface area contributed by atoms with Crippen molar-refractivity contribution in [3.8, 4) is 0 Å². The van der Waals surface area contributed by atoms with Gasteiger partial charge >= 0.3 is 5.97 Å². The van der Waals surface area contributed by atoms with Gasteiger partial charge in [-0.25, -0.2) is 0 Å². The highest BCUT2D eigenvalue weighted by atomic mass is 16.5. The summed E-state index contributed by atoms with van der Waals surface area (Å²) in [6.07, 6.45) is 7.33. The first-order chi connectivity index (χ1) is 5.81. The molecule has 0 aromatic carbocycles. The van der Waals surface area contributed by atoms with Crippen molar-refractivity contribution in [1.82, 2.24) is 0 Å². The molecule has 0 heterocycles. The minimum absolute atomic E-state index is 0.0856. The van der Waals surface area contributed by atoms with Gasteiger partial charge in [0, 0.05) is 6.42 Å². The van der Waals surface area contributed by atoms with Gasteiger partial charge < -0.3 is 4.74 Å². The summed E-state index contributed by atoms with van der Waals surface area (Å²) in [5, 5.41) is 0. The zero-order valence-corrected chi connectivity index (χ0v) is 8.01. The Kier molecular flexibility index (Phi) is 7.76. The van der Waals surface area contributed by atoms with Gasteiger partial charge in [-0.15, -0.1) is 0 Å². The lowest BCUT2D eigenvalue weighted by Crippen LogP contribution is -2.03. The van der Waals surface area contributed by atoms with E-state index in [4.69, 9.17) is 4.74 Å². The Bertz CT molecular complexity index is 139. The number of carbonyl (C=O) groups is 1. The van der Waals surface area contributed by atoms with E-state index in [0.29, 0.717) is 13.0 Å². The van der Waals surface area contributed by atoms with Crippen molar-refractivity contribution < 1.29 is 9.53 Å². The van der Waals surface area contributed by atoms with Crippen molar-refractivity contribution in [1.29, 1.82) is 0 Å². The Labute approximate surface area is 74.6 Å². The molecule has 0 fully saturated rings. The molecule has 0 spiro atoms. The van der Waals surface area contributed by atoms with Crippen LogP contribution in [0.4, 0.5) is 0 Å². The van der Waals surface area contributed by atoms with Gasteiger partial charge in [0.25, 0.3) is 0 Å². The van der Waals surface area contributed by atoms with Gasteiger partial charge in [0.1, 0.15) is 0 Å². The maximum atomic E-state index is 10.9. The van der Waals surface area contributed by atoms with E-state index in [9.17, 15) is 4.79 Å². The average Bonchev–Trinajstić information content (AvgIpc) is 2.09.